The predicted molar refractivity (Wildman–Crippen MR) is 158 cm³/mol. The van der Waals surface area contributed by atoms with Crippen LogP contribution in [0.3, 0.4) is 0 Å². The Bertz CT molecular complexity index is 567. The first-order valence-electron chi connectivity index (χ1n) is 15.8. The minimum atomic E-state index is -0.727. The van der Waals surface area contributed by atoms with Crippen LogP contribution in [0.2, 0.25) is 0 Å². The summed E-state index contributed by atoms with van der Waals surface area (Å²) in [5.74, 6) is -0.810. The highest BCUT2D eigenvalue weighted by atomic mass is 16.5. The average Bonchev–Trinajstić information content (AvgIpc) is 2.87. The highest BCUT2D eigenvalue weighted by Crippen LogP contribution is 2.15. The predicted octanol–water partition coefficient (Wildman–Crippen LogP) is 10.5. The van der Waals surface area contributed by atoms with Gasteiger partial charge in [0.15, 0.2) is 0 Å². The number of ether oxygens (including phenoxy) is 1. The van der Waals surface area contributed by atoms with Gasteiger partial charge in [-0.3, -0.25) is 9.59 Å². The summed E-state index contributed by atoms with van der Waals surface area (Å²) in [6.07, 6.45) is 34.9. The van der Waals surface area contributed by atoms with Gasteiger partial charge in [-0.2, -0.15) is 0 Å². The number of hydrogen-bond acceptors (Lipinski definition) is 3. The van der Waals surface area contributed by atoms with Crippen molar-refractivity contribution in [2.45, 2.75) is 174 Å². The Hall–Kier alpha value is -1.58. The highest BCUT2D eigenvalue weighted by molar-refractivity contribution is 5.69. The molecule has 4 nitrogen and oxygen atoms in total. The fraction of sp³-hybridized carbons (Fsp3) is 0.818. The molecule has 0 aliphatic carbocycles. The Kier molecular flexibility index (Phi) is 27.7. The van der Waals surface area contributed by atoms with Gasteiger partial charge in [0.25, 0.3) is 0 Å². The largest absolute Gasteiger partial charge is 0.481 e. The maximum absolute atomic E-state index is 12.4. The second-order valence-corrected chi connectivity index (χ2v) is 10.6. The van der Waals surface area contributed by atoms with E-state index in [0.29, 0.717) is 6.42 Å². The van der Waals surface area contributed by atoms with E-state index in [4.69, 9.17) is 9.84 Å². The van der Waals surface area contributed by atoms with E-state index in [1.165, 1.54) is 77.0 Å². The molecule has 0 bridgehead atoms. The van der Waals surface area contributed by atoms with Crippen LogP contribution in [0.25, 0.3) is 0 Å². The van der Waals surface area contributed by atoms with E-state index >= 15 is 0 Å². The summed E-state index contributed by atoms with van der Waals surface area (Å²) in [5.41, 5.74) is 0. The van der Waals surface area contributed by atoms with Crippen LogP contribution < -0.4 is 0 Å². The monoisotopic (exact) mass is 520 g/mol. The fourth-order valence-electron chi connectivity index (χ4n) is 4.55. The molecule has 0 aliphatic heterocycles. The number of hydrogen-bond donors (Lipinski definition) is 1. The molecule has 0 amide bonds. The maximum Gasteiger partial charge on any atom is 0.306 e. The van der Waals surface area contributed by atoms with Crippen molar-refractivity contribution >= 4 is 11.9 Å². The van der Waals surface area contributed by atoms with Crippen LogP contribution >= 0.6 is 0 Å². The van der Waals surface area contributed by atoms with Gasteiger partial charge < -0.3 is 9.84 Å². The molecule has 0 rings (SSSR count). The summed E-state index contributed by atoms with van der Waals surface area (Å²) >= 11 is 0. The van der Waals surface area contributed by atoms with Gasteiger partial charge in [-0.1, -0.05) is 135 Å². The Morgan fingerprint density at radius 2 is 1.14 bits per heavy atom. The molecule has 1 atom stereocenters. The van der Waals surface area contributed by atoms with Gasteiger partial charge in [-0.15, -0.1) is 0 Å². The van der Waals surface area contributed by atoms with Crippen molar-refractivity contribution in [2.24, 2.45) is 0 Å². The van der Waals surface area contributed by atoms with Crippen LogP contribution in [0.1, 0.15) is 168 Å². The number of rotatable bonds is 28. The lowest BCUT2D eigenvalue weighted by atomic mass is 10.0. The molecule has 0 aromatic rings. The van der Waals surface area contributed by atoms with Gasteiger partial charge in [0, 0.05) is 12.8 Å². The molecule has 0 aromatic heterocycles. The van der Waals surface area contributed by atoms with Crippen molar-refractivity contribution in [3.8, 4) is 0 Å². The van der Waals surface area contributed by atoms with Gasteiger partial charge in [-0.05, 0) is 44.6 Å². The van der Waals surface area contributed by atoms with Crippen molar-refractivity contribution in [1.29, 1.82) is 0 Å². The van der Waals surface area contributed by atoms with Crippen LogP contribution in [0, 0.1) is 0 Å². The summed E-state index contributed by atoms with van der Waals surface area (Å²) in [6, 6.07) is 0. The zero-order valence-electron chi connectivity index (χ0n) is 24.5. The number of carboxylic acids is 1. The van der Waals surface area contributed by atoms with E-state index in [2.05, 4.69) is 32.1 Å². The van der Waals surface area contributed by atoms with E-state index in [1.807, 2.05) is 6.08 Å². The van der Waals surface area contributed by atoms with E-state index in [0.717, 1.165) is 64.2 Å². The number of esters is 1. The third-order valence-electron chi connectivity index (χ3n) is 6.89. The molecule has 0 fully saturated rings. The standard InChI is InChI=1S/C33H60O4/c1-3-5-7-9-11-12-13-14-15-16-17-18-20-26-30-33(36)37-31(27-23-19-10-8-6-4-2)28-24-21-22-25-29-32(34)35/h8,10,23,27,31H,3-7,9,11-22,24-26,28-30H2,1-2H3,(H,34,35)/b10-8-,27-23-. The number of carbonyl (C=O) groups is 2. The molecule has 0 aromatic carbocycles. The zero-order valence-corrected chi connectivity index (χ0v) is 24.5. The van der Waals surface area contributed by atoms with Crippen LogP contribution in [0.15, 0.2) is 24.3 Å². The third-order valence-corrected chi connectivity index (χ3v) is 6.89. The second kappa shape index (κ2) is 29.0. The average molecular weight is 521 g/mol. The van der Waals surface area contributed by atoms with Crippen LogP contribution in [-0.4, -0.2) is 23.1 Å². The molecule has 0 radical (unpaired) electrons. The Balaban J connectivity index is 3.96. The summed E-state index contributed by atoms with van der Waals surface area (Å²) in [4.78, 5) is 23.1. The zero-order chi connectivity index (χ0) is 27.2. The van der Waals surface area contributed by atoms with E-state index in [-0.39, 0.29) is 18.5 Å². The first-order valence-corrected chi connectivity index (χ1v) is 15.8. The lowest BCUT2D eigenvalue weighted by molar-refractivity contribution is -0.147. The summed E-state index contributed by atoms with van der Waals surface area (Å²) in [5, 5.41) is 8.76. The molecule has 0 saturated carbocycles. The molecule has 0 saturated heterocycles. The summed E-state index contributed by atoms with van der Waals surface area (Å²) in [7, 11) is 0. The van der Waals surface area contributed by atoms with Gasteiger partial charge in [-0.25, -0.2) is 0 Å². The number of carboxylic acid groups (broad SMARTS) is 1. The van der Waals surface area contributed by atoms with Crippen molar-refractivity contribution in [2.75, 3.05) is 0 Å². The highest BCUT2D eigenvalue weighted by Gasteiger charge is 2.11. The lowest BCUT2D eigenvalue weighted by Crippen LogP contribution is -2.16. The fourth-order valence-corrected chi connectivity index (χ4v) is 4.55. The molecular formula is C33H60O4. The van der Waals surface area contributed by atoms with Gasteiger partial charge in [0.2, 0.25) is 0 Å². The molecule has 37 heavy (non-hydrogen) atoms. The quantitative estimate of drug-likeness (QED) is 0.0633. The van der Waals surface area contributed by atoms with Gasteiger partial charge in [0.1, 0.15) is 6.10 Å². The molecule has 1 unspecified atom stereocenters. The second-order valence-electron chi connectivity index (χ2n) is 10.6. The van der Waals surface area contributed by atoms with E-state index < -0.39 is 5.97 Å². The lowest BCUT2D eigenvalue weighted by Gasteiger charge is -2.14. The summed E-state index contributed by atoms with van der Waals surface area (Å²) < 4.78 is 5.79. The third kappa shape index (κ3) is 28.8. The topological polar surface area (TPSA) is 63.6 Å². The van der Waals surface area contributed by atoms with Crippen molar-refractivity contribution in [3.05, 3.63) is 24.3 Å². The molecule has 0 aliphatic rings. The van der Waals surface area contributed by atoms with E-state index in [9.17, 15) is 9.59 Å². The Morgan fingerprint density at radius 1 is 0.622 bits per heavy atom. The molecule has 4 heteroatoms. The smallest absolute Gasteiger partial charge is 0.306 e. The number of unbranched alkanes of at least 4 members (excludes halogenated alkanes) is 17. The van der Waals surface area contributed by atoms with Crippen LogP contribution in [-0.2, 0) is 14.3 Å². The summed E-state index contributed by atoms with van der Waals surface area (Å²) in [6.45, 7) is 4.44. The molecule has 1 N–H and O–H groups in total. The maximum atomic E-state index is 12.4. The molecule has 0 spiro atoms. The number of carbonyl (C=O) groups excluding carboxylic acids is 1. The Labute approximate surface area is 229 Å². The van der Waals surface area contributed by atoms with Gasteiger partial charge >= 0.3 is 11.9 Å². The first kappa shape index (κ1) is 35.4. The SMILES string of the molecule is CCC/C=C\C/C=C\C(CCCCCCC(=O)O)OC(=O)CCCCCCCCCCCCCCCC. The van der Waals surface area contributed by atoms with Crippen molar-refractivity contribution in [1.82, 2.24) is 0 Å². The first-order chi connectivity index (χ1) is 18.1. The Morgan fingerprint density at radius 3 is 1.68 bits per heavy atom. The minimum absolute atomic E-state index is 0.0824. The molecular weight excluding hydrogens is 460 g/mol. The molecule has 0 heterocycles. The van der Waals surface area contributed by atoms with Crippen molar-refractivity contribution < 1.29 is 19.4 Å². The van der Waals surface area contributed by atoms with Crippen molar-refractivity contribution in [3.63, 3.8) is 0 Å². The molecule has 216 valence electrons. The van der Waals surface area contributed by atoms with E-state index in [1.54, 1.807) is 0 Å². The van der Waals surface area contributed by atoms with Gasteiger partial charge in [0.05, 0.1) is 0 Å². The minimum Gasteiger partial charge on any atom is -0.481 e. The normalized spacial score (nSPS) is 12.5. The number of aliphatic carboxylic acids is 1. The van der Waals surface area contributed by atoms with Crippen LogP contribution in [0.5, 0.6) is 0 Å². The van der Waals surface area contributed by atoms with Crippen LogP contribution in [0.4, 0.5) is 0 Å². The number of allylic oxidation sites excluding steroid dienone is 3.